The first-order chi connectivity index (χ1) is 13.6. The number of aliphatic imine (C=N–C) groups is 1. The Bertz CT molecular complexity index is 713. The molecule has 0 spiro atoms. The molecule has 0 bridgehead atoms. The average molecular weight is 513 g/mol. The van der Waals surface area contributed by atoms with Gasteiger partial charge in [-0.25, -0.2) is 4.99 Å². The fourth-order valence-corrected chi connectivity index (χ4v) is 3.16. The molecule has 1 aromatic heterocycles. The van der Waals surface area contributed by atoms with Crippen LogP contribution in [0.5, 0.6) is 0 Å². The summed E-state index contributed by atoms with van der Waals surface area (Å²) in [7, 11) is 0. The van der Waals surface area contributed by atoms with Crippen LogP contribution in [-0.4, -0.2) is 42.2 Å². The summed E-state index contributed by atoms with van der Waals surface area (Å²) in [5, 5.41) is 10.9. The molecule has 6 nitrogen and oxygen atoms in total. The second-order valence-corrected chi connectivity index (χ2v) is 7.10. The van der Waals surface area contributed by atoms with Crippen molar-refractivity contribution < 1.29 is 4.52 Å². The van der Waals surface area contributed by atoms with E-state index in [1.54, 1.807) is 0 Å². The summed E-state index contributed by atoms with van der Waals surface area (Å²) in [4.78, 5) is 7.13. The van der Waals surface area contributed by atoms with Gasteiger partial charge in [-0.15, -0.1) is 24.0 Å². The largest absolute Gasteiger partial charge is 0.359 e. The van der Waals surface area contributed by atoms with Crippen LogP contribution in [0.15, 0.2) is 45.9 Å². The maximum atomic E-state index is 5.40. The van der Waals surface area contributed by atoms with Crippen LogP contribution in [0.3, 0.4) is 0 Å². The zero-order chi connectivity index (χ0) is 20.4. The van der Waals surface area contributed by atoms with Gasteiger partial charge in [0, 0.05) is 19.2 Å². The topological polar surface area (TPSA) is 65.7 Å². The third-order valence-corrected chi connectivity index (χ3v) is 4.81. The molecule has 7 heteroatoms. The molecule has 0 aliphatic heterocycles. The highest BCUT2D eigenvalue weighted by molar-refractivity contribution is 14.0. The Morgan fingerprint density at radius 3 is 2.34 bits per heavy atom. The van der Waals surface area contributed by atoms with Gasteiger partial charge in [0.1, 0.15) is 6.54 Å². The first kappa shape index (κ1) is 25.4. The smallest absolute Gasteiger partial charge is 0.191 e. The molecule has 2 rings (SSSR count). The molecule has 2 aromatic rings. The lowest BCUT2D eigenvalue weighted by Gasteiger charge is -2.30. The van der Waals surface area contributed by atoms with E-state index in [0.717, 1.165) is 43.6 Å². The van der Waals surface area contributed by atoms with Crippen molar-refractivity contribution in [2.45, 2.75) is 53.1 Å². The Labute approximate surface area is 192 Å². The van der Waals surface area contributed by atoms with Crippen molar-refractivity contribution in [2.24, 2.45) is 4.99 Å². The van der Waals surface area contributed by atoms with Crippen LogP contribution in [-0.2, 0) is 6.54 Å². The van der Waals surface area contributed by atoms with Gasteiger partial charge in [0.2, 0.25) is 0 Å². The minimum absolute atomic E-state index is 0. The summed E-state index contributed by atoms with van der Waals surface area (Å²) in [5.41, 5.74) is 2.28. The number of guanidine groups is 1. The van der Waals surface area contributed by atoms with Crippen LogP contribution in [0.4, 0.5) is 0 Å². The predicted molar refractivity (Wildman–Crippen MR) is 131 cm³/mol. The fourth-order valence-electron chi connectivity index (χ4n) is 3.16. The minimum Gasteiger partial charge on any atom is -0.359 e. The molecule has 1 heterocycles. The zero-order valence-corrected chi connectivity index (χ0v) is 20.6. The Morgan fingerprint density at radius 2 is 1.79 bits per heavy atom. The average Bonchev–Trinajstić information content (AvgIpc) is 3.19. The van der Waals surface area contributed by atoms with E-state index >= 15 is 0 Å². The van der Waals surface area contributed by atoms with E-state index in [1.807, 2.05) is 6.07 Å². The first-order valence-corrected chi connectivity index (χ1v) is 10.4. The summed E-state index contributed by atoms with van der Waals surface area (Å²) in [6.07, 6.45) is 0. The SMILES string of the molecule is CCNC(=NCc1cc(C(C)C)no1)NCC(c1ccccc1)N(CC)CC.I. The third-order valence-electron chi connectivity index (χ3n) is 4.81. The van der Waals surface area contributed by atoms with E-state index in [4.69, 9.17) is 4.52 Å². The number of aromatic nitrogens is 1. The lowest BCUT2D eigenvalue weighted by Crippen LogP contribution is -2.43. The monoisotopic (exact) mass is 513 g/mol. The van der Waals surface area contributed by atoms with Gasteiger partial charge in [-0.3, -0.25) is 4.90 Å². The Balaban J connectivity index is 0.00000420. The molecule has 29 heavy (non-hydrogen) atoms. The second-order valence-electron chi connectivity index (χ2n) is 7.10. The van der Waals surface area contributed by atoms with E-state index < -0.39 is 0 Å². The predicted octanol–water partition coefficient (Wildman–Crippen LogP) is 4.55. The number of nitrogens with one attached hydrogen (secondary N) is 2. The van der Waals surface area contributed by atoms with Crippen LogP contribution in [0.2, 0.25) is 0 Å². The maximum Gasteiger partial charge on any atom is 0.191 e. The number of benzene rings is 1. The highest BCUT2D eigenvalue weighted by atomic mass is 127. The summed E-state index contributed by atoms with van der Waals surface area (Å²) in [6, 6.07) is 12.9. The van der Waals surface area contributed by atoms with Gasteiger partial charge < -0.3 is 15.2 Å². The van der Waals surface area contributed by atoms with Gasteiger partial charge in [-0.2, -0.15) is 0 Å². The van der Waals surface area contributed by atoms with Gasteiger partial charge in [-0.1, -0.05) is 63.2 Å². The summed E-state index contributed by atoms with van der Waals surface area (Å²) in [5.74, 6) is 1.93. The van der Waals surface area contributed by atoms with Gasteiger partial charge in [0.15, 0.2) is 11.7 Å². The van der Waals surface area contributed by atoms with Crippen LogP contribution in [0, 0.1) is 0 Å². The number of nitrogens with zero attached hydrogens (tertiary/aromatic N) is 3. The number of halogens is 1. The zero-order valence-electron chi connectivity index (χ0n) is 18.3. The van der Waals surface area contributed by atoms with E-state index in [9.17, 15) is 0 Å². The molecule has 0 aliphatic carbocycles. The molecule has 2 N–H and O–H groups in total. The quantitative estimate of drug-likeness (QED) is 0.277. The van der Waals surface area contributed by atoms with E-state index in [2.05, 4.69) is 90.6 Å². The van der Waals surface area contributed by atoms with Crippen molar-refractivity contribution >= 4 is 29.9 Å². The lowest BCUT2D eigenvalue weighted by atomic mass is 10.1. The molecule has 0 saturated heterocycles. The third kappa shape index (κ3) is 7.97. The van der Waals surface area contributed by atoms with E-state index in [0.29, 0.717) is 12.5 Å². The Kier molecular flexibility index (Phi) is 11.9. The molecule has 162 valence electrons. The van der Waals surface area contributed by atoms with Crippen molar-refractivity contribution in [1.82, 2.24) is 20.7 Å². The Morgan fingerprint density at radius 1 is 1.10 bits per heavy atom. The minimum atomic E-state index is 0. The van der Waals surface area contributed by atoms with Gasteiger partial charge in [0.25, 0.3) is 0 Å². The summed E-state index contributed by atoms with van der Waals surface area (Å²) in [6.45, 7) is 14.7. The molecule has 1 unspecified atom stereocenters. The van der Waals surface area contributed by atoms with Crippen molar-refractivity contribution in [3.8, 4) is 0 Å². The molecular formula is C22H36IN5O. The number of hydrogen-bond donors (Lipinski definition) is 2. The number of hydrogen-bond acceptors (Lipinski definition) is 4. The molecule has 0 fully saturated rings. The standard InChI is InChI=1S/C22H35N5O.HI/c1-6-23-22(24-15-19-14-20(17(4)5)26-28-19)25-16-21(27(7-2)8-3)18-12-10-9-11-13-18;/h9-14,17,21H,6-8,15-16H2,1-5H3,(H2,23,24,25);1H. The number of rotatable bonds is 10. The summed E-state index contributed by atoms with van der Waals surface area (Å²) < 4.78 is 5.40. The van der Waals surface area contributed by atoms with Crippen LogP contribution in [0.25, 0.3) is 0 Å². The molecule has 0 saturated carbocycles. The highest BCUT2D eigenvalue weighted by Gasteiger charge is 2.18. The van der Waals surface area contributed by atoms with Crippen molar-refractivity contribution in [2.75, 3.05) is 26.2 Å². The number of likely N-dealkylation sites (N-methyl/N-ethyl adjacent to an activating group) is 1. The van der Waals surface area contributed by atoms with Gasteiger partial charge in [0.05, 0.1) is 11.7 Å². The van der Waals surface area contributed by atoms with Crippen LogP contribution < -0.4 is 10.6 Å². The van der Waals surface area contributed by atoms with Gasteiger partial charge in [-0.05, 0) is 31.5 Å². The van der Waals surface area contributed by atoms with Crippen LogP contribution in [0.1, 0.15) is 63.6 Å². The molecule has 0 radical (unpaired) electrons. The normalized spacial score (nSPS) is 12.7. The van der Waals surface area contributed by atoms with Gasteiger partial charge >= 0.3 is 0 Å². The molecule has 0 aliphatic rings. The molecule has 1 aromatic carbocycles. The van der Waals surface area contributed by atoms with Crippen molar-refractivity contribution in [3.63, 3.8) is 0 Å². The first-order valence-electron chi connectivity index (χ1n) is 10.4. The van der Waals surface area contributed by atoms with E-state index in [-0.39, 0.29) is 30.0 Å². The van der Waals surface area contributed by atoms with E-state index in [1.165, 1.54) is 5.56 Å². The molecule has 1 atom stereocenters. The van der Waals surface area contributed by atoms with Crippen LogP contribution >= 0.6 is 24.0 Å². The molecule has 0 amide bonds. The Hall–Kier alpha value is -1.61. The lowest BCUT2D eigenvalue weighted by molar-refractivity contribution is 0.219. The highest BCUT2D eigenvalue weighted by Crippen LogP contribution is 2.19. The van der Waals surface area contributed by atoms with Crippen molar-refractivity contribution in [3.05, 3.63) is 53.4 Å². The summed E-state index contributed by atoms with van der Waals surface area (Å²) >= 11 is 0. The molecular weight excluding hydrogens is 477 g/mol. The maximum absolute atomic E-state index is 5.40. The fraction of sp³-hybridized carbons (Fsp3) is 0.545. The second kappa shape index (κ2) is 13.6. The van der Waals surface area contributed by atoms with Crippen molar-refractivity contribution in [1.29, 1.82) is 0 Å².